The summed E-state index contributed by atoms with van der Waals surface area (Å²) in [6.07, 6.45) is 9.16. The number of carbonyl (C=O) groups is 1. The first-order valence-electron chi connectivity index (χ1n) is 7.65. The van der Waals surface area contributed by atoms with E-state index in [0.29, 0.717) is 24.1 Å². The molecule has 3 N–H and O–H groups in total. The van der Waals surface area contributed by atoms with Gasteiger partial charge in [-0.3, -0.25) is 10.2 Å². The van der Waals surface area contributed by atoms with Gasteiger partial charge < -0.3 is 15.5 Å². The van der Waals surface area contributed by atoms with E-state index >= 15 is 0 Å². The fourth-order valence-corrected chi connectivity index (χ4v) is 3.94. The zero-order chi connectivity index (χ0) is 14.3. The monoisotopic (exact) mass is 276 g/mol. The lowest BCUT2D eigenvalue weighted by Gasteiger charge is -2.43. The van der Waals surface area contributed by atoms with Crippen molar-refractivity contribution in [1.29, 1.82) is 5.41 Å². The summed E-state index contributed by atoms with van der Waals surface area (Å²) in [5, 5.41) is 8.49. The van der Waals surface area contributed by atoms with Crippen molar-refractivity contribution in [3.05, 3.63) is 11.9 Å². The van der Waals surface area contributed by atoms with Crippen LogP contribution in [-0.4, -0.2) is 41.2 Å². The molecule has 5 heteroatoms. The lowest BCUT2D eigenvalue weighted by Crippen LogP contribution is -2.51. The Balaban J connectivity index is 1.97. The first kappa shape index (κ1) is 13.5. The molecule has 110 valence electrons. The third-order valence-electron chi connectivity index (χ3n) is 5.36. The predicted octanol–water partition coefficient (Wildman–Crippen LogP) is 1.65. The number of nitrogens with one attached hydrogen (secondary N) is 1. The highest BCUT2D eigenvalue weighted by Crippen LogP contribution is 2.46. The molecule has 0 unspecified atom stereocenters. The lowest BCUT2D eigenvalue weighted by molar-refractivity contribution is -0.144. The number of amides is 1. The predicted molar refractivity (Wildman–Crippen MR) is 78.0 cm³/mol. The van der Waals surface area contributed by atoms with Crippen molar-refractivity contribution in [2.75, 3.05) is 13.6 Å². The van der Waals surface area contributed by atoms with Crippen LogP contribution in [0.25, 0.3) is 0 Å². The molecule has 0 atom stereocenters. The molecule has 3 rings (SSSR count). The largest absolute Gasteiger partial charge is 0.403 e. The molecule has 1 heterocycles. The second-order valence-corrected chi connectivity index (χ2v) is 6.46. The van der Waals surface area contributed by atoms with Gasteiger partial charge in [-0.15, -0.1) is 0 Å². The number of likely N-dealkylation sites (N-methyl/N-ethyl adjacent to an activating group) is 1. The highest BCUT2D eigenvalue weighted by molar-refractivity contribution is 6.02. The van der Waals surface area contributed by atoms with Crippen molar-refractivity contribution in [2.45, 2.75) is 51.0 Å². The number of hydrogen-bond donors (Lipinski definition) is 2. The summed E-state index contributed by atoms with van der Waals surface area (Å²) < 4.78 is 0. The van der Waals surface area contributed by atoms with E-state index in [4.69, 9.17) is 11.1 Å². The molecular weight excluding hydrogens is 252 g/mol. The third-order valence-corrected chi connectivity index (χ3v) is 5.36. The van der Waals surface area contributed by atoms with E-state index in [1.54, 1.807) is 11.9 Å². The Hall–Kier alpha value is -1.52. The first-order chi connectivity index (χ1) is 9.59. The zero-order valence-corrected chi connectivity index (χ0v) is 12.2. The Morgan fingerprint density at radius 3 is 2.45 bits per heavy atom. The standard InChI is InChI=1S/C15H24N4O/c1-18-12(9-16)13(17)19(11-5-2-3-6-11)10-15(14(18)20)7-4-8-15/h9,11,17H,2-8,10,16H2,1H3/b12-9+,17-13?. The number of nitrogens with zero attached hydrogens (tertiary/aromatic N) is 2. The average Bonchev–Trinajstić information content (AvgIpc) is 2.89. The van der Waals surface area contributed by atoms with Gasteiger partial charge in [0.25, 0.3) is 0 Å². The van der Waals surface area contributed by atoms with Gasteiger partial charge in [0.15, 0.2) is 0 Å². The number of nitrogens with two attached hydrogens (primary N) is 1. The number of carbonyl (C=O) groups excluding carboxylic acids is 1. The smallest absolute Gasteiger partial charge is 0.234 e. The van der Waals surface area contributed by atoms with Crippen molar-refractivity contribution in [3.63, 3.8) is 0 Å². The van der Waals surface area contributed by atoms with Crippen LogP contribution in [0.3, 0.4) is 0 Å². The molecule has 0 aromatic carbocycles. The van der Waals surface area contributed by atoms with Crippen LogP contribution in [0.4, 0.5) is 0 Å². The number of rotatable bonds is 1. The van der Waals surface area contributed by atoms with E-state index in [2.05, 4.69) is 4.90 Å². The molecule has 1 spiro atoms. The molecule has 0 aromatic heterocycles. The molecule has 3 fully saturated rings. The van der Waals surface area contributed by atoms with Crippen molar-refractivity contribution in [1.82, 2.24) is 9.80 Å². The quantitative estimate of drug-likeness (QED) is 0.765. The minimum absolute atomic E-state index is 0.144. The Kier molecular flexibility index (Phi) is 3.22. The fraction of sp³-hybridized carbons (Fsp3) is 0.733. The first-order valence-corrected chi connectivity index (χ1v) is 7.65. The Morgan fingerprint density at radius 2 is 1.95 bits per heavy atom. The highest BCUT2D eigenvalue weighted by Gasteiger charge is 2.51. The number of hydrogen-bond acceptors (Lipinski definition) is 3. The lowest BCUT2D eigenvalue weighted by atomic mass is 9.67. The van der Waals surface area contributed by atoms with E-state index in [0.717, 1.165) is 32.1 Å². The molecule has 3 aliphatic rings. The van der Waals surface area contributed by atoms with Crippen molar-refractivity contribution in [2.24, 2.45) is 11.1 Å². The summed E-state index contributed by atoms with van der Waals surface area (Å²) in [6, 6.07) is 0.411. The molecule has 2 saturated carbocycles. The van der Waals surface area contributed by atoms with E-state index < -0.39 is 0 Å². The maximum atomic E-state index is 12.7. The van der Waals surface area contributed by atoms with Gasteiger partial charge in [-0.2, -0.15) is 0 Å². The molecule has 0 radical (unpaired) electrons. The van der Waals surface area contributed by atoms with Gasteiger partial charge in [0.05, 0.1) is 5.41 Å². The van der Waals surface area contributed by atoms with Crippen LogP contribution in [0.15, 0.2) is 11.9 Å². The van der Waals surface area contributed by atoms with Crippen LogP contribution in [0, 0.1) is 10.8 Å². The van der Waals surface area contributed by atoms with Crippen LogP contribution in [-0.2, 0) is 4.79 Å². The summed E-state index contributed by atoms with van der Waals surface area (Å²) in [4.78, 5) is 16.5. The van der Waals surface area contributed by atoms with Gasteiger partial charge in [0, 0.05) is 25.8 Å². The summed E-state index contributed by atoms with van der Waals surface area (Å²) in [6.45, 7) is 0.705. The number of amidine groups is 1. The molecule has 1 saturated heterocycles. The van der Waals surface area contributed by atoms with Crippen molar-refractivity contribution >= 4 is 11.7 Å². The average molecular weight is 276 g/mol. The Labute approximate surface area is 120 Å². The van der Waals surface area contributed by atoms with Crippen LogP contribution < -0.4 is 5.73 Å². The molecular formula is C15H24N4O. The van der Waals surface area contributed by atoms with Crippen molar-refractivity contribution in [3.8, 4) is 0 Å². The zero-order valence-electron chi connectivity index (χ0n) is 12.2. The second kappa shape index (κ2) is 4.79. The highest BCUT2D eigenvalue weighted by atomic mass is 16.2. The third kappa shape index (κ3) is 1.83. The minimum atomic E-state index is -0.269. The van der Waals surface area contributed by atoms with E-state index in [9.17, 15) is 4.79 Å². The molecule has 20 heavy (non-hydrogen) atoms. The van der Waals surface area contributed by atoms with E-state index in [-0.39, 0.29) is 11.3 Å². The molecule has 1 aliphatic heterocycles. The van der Waals surface area contributed by atoms with Crippen molar-refractivity contribution < 1.29 is 4.79 Å². The van der Waals surface area contributed by atoms with Gasteiger partial charge in [0.2, 0.25) is 5.91 Å². The van der Waals surface area contributed by atoms with Crippen LogP contribution >= 0.6 is 0 Å². The maximum Gasteiger partial charge on any atom is 0.234 e. The normalized spacial score (nSPS) is 29.1. The van der Waals surface area contributed by atoms with Gasteiger partial charge in [-0.1, -0.05) is 19.3 Å². The summed E-state index contributed by atoms with van der Waals surface area (Å²) >= 11 is 0. The van der Waals surface area contributed by atoms with Crippen LogP contribution in [0.1, 0.15) is 44.9 Å². The Morgan fingerprint density at radius 1 is 1.30 bits per heavy atom. The van der Waals surface area contributed by atoms with E-state index in [1.807, 2.05) is 0 Å². The van der Waals surface area contributed by atoms with Crippen LogP contribution in [0.5, 0.6) is 0 Å². The summed E-state index contributed by atoms with van der Waals surface area (Å²) in [5.74, 6) is 0.574. The van der Waals surface area contributed by atoms with E-state index in [1.165, 1.54) is 19.0 Å². The van der Waals surface area contributed by atoms with Gasteiger partial charge in [0.1, 0.15) is 11.5 Å². The second-order valence-electron chi connectivity index (χ2n) is 6.46. The molecule has 5 nitrogen and oxygen atoms in total. The van der Waals surface area contributed by atoms with Crippen LogP contribution in [0.2, 0.25) is 0 Å². The SMILES string of the molecule is CN1C(=O)C2(CCC2)CN(C2CCCC2)C(=N)/C1=C\N. The minimum Gasteiger partial charge on any atom is -0.403 e. The summed E-state index contributed by atoms with van der Waals surface area (Å²) in [7, 11) is 1.76. The van der Waals surface area contributed by atoms with Gasteiger partial charge in [-0.05, 0) is 25.7 Å². The fourth-order valence-electron chi connectivity index (χ4n) is 3.94. The molecule has 1 amide bonds. The maximum absolute atomic E-state index is 12.7. The molecule has 0 aromatic rings. The molecule has 2 aliphatic carbocycles. The molecule has 0 bridgehead atoms. The van der Waals surface area contributed by atoms with Gasteiger partial charge >= 0.3 is 0 Å². The van der Waals surface area contributed by atoms with Gasteiger partial charge in [-0.25, -0.2) is 0 Å². The summed E-state index contributed by atoms with van der Waals surface area (Å²) in [5.41, 5.74) is 5.99. The Bertz CT molecular complexity index is 460. The topological polar surface area (TPSA) is 73.4 Å².